The van der Waals surface area contributed by atoms with Gasteiger partial charge in [0.05, 0.1) is 16.9 Å². The SMILES string of the molecule is C#C.C=C(/C=C(Cc1nc2c(C3=CCC=C3)nccc2[nH]1)\C(N)=C/C)c1cncc(NC(C)C)c1. The Morgan fingerprint density at radius 2 is 2.11 bits per heavy atom. The average Bonchev–Trinajstić information content (AvgIpc) is 3.54. The van der Waals surface area contributed by atoms with Crippen molar-refractivity contribution in [2.75, 3.05) is 5.32 Å². The number of hydrogen-bond donors (Lipinski definition) is 3. The molecule has 0 saturated heterocycles. The zero-order valence-electron chi connectivity index (χ0n) is 20.5. The van der Waals surface area contributed by atoms with Crippen molar-refractivity contribution in [3.05, 3.63) is 96.0 Å². The van der Waals surface area contributed by atoms with Gasteiger partial charge in [0.1, 0.15) is 11.3 Å². The molecular weight excluding hydrogens is 432 g/mol. The van der Waals surface area contributed by atoms with E-state index in [0.29, 0.717) is 18.2 Å². The van der Waals surface area contributed by atoms with Crippen LogP contribution >= 0.6 is 0 Å². The van der Waals surface area contributed by atoms with E-state index < -0.39 is 0 Å². The highest BCUT2D eigenvalue weighted by atomic mass is 14.9. The van der Waals surface area contributed by atoms with Gasteiger partial charge in [-0.05, 0) is 62.1 Å². The van der Waals surface area contributed by atoms with Crippen LogP contribution in [-0.4, -0.2) is 26.0 Å². The lowest BCUT2D eigenvalue weighted by Crippen LogP contribution is -2.10. The van der Waals surface area contributed by atoms with Crippen LogP contribution in [0.15, 0.2) is 79.0 Å². The Morgan fingerprint density at radius 3 is 2.80 bits per heavy atom. The predicted octanol–water partition coefficient (Wildman–Crippen LogP) is 5.81. The molecule has 0 fully saturated rings. The first-order chi connectivity index (χ1) is 16.9. The van der Waals surface area contributed by atoms with Crippen molar-refractivity contribution >= 4 is 27.9 Å². The number of nitrogens with zero attached hydrogens (tertiary/aromatic N) is 3. The molecule has 4 rings (SSSR count). The highest BCUT2D eigenvalue weighted by Gasteiger charge is 2.14. The van der Waals surface area contributed by atoms with Crippen LogP contribution in [0.1, 0.15) is 44.3 Å². The Hall–Kier alpha value is -4.37. The fourth-order valence-corrected chi connectivity index (χ4v) is 3.84. The second-order valence-electron chi connectivity index (χ2n) is 8.41. The summed E-state index contributed by atoms with van der Waals surface area (Å²) in [6, 6.07) is 4.33. The molecule has 3 heterocycles. The van der Waals surface area contributed by atoms with E-state index in [0.717, 1.165) is 56.9 Å². The third-order valence-electron chi connectivity index (χ3n) is 5.45. The first-order valence-corrected chi connectivity index (χ1v) is 11.5. The number of nitrogens with one attached hydrogen (secondary N) is 2. The van der Waals surface area contributed by atoms with E-state index in [4.69, 9.17) is 10.7 Å². The number of aromatic amines is 1. The molecule has 0 spiro atoms. The fraction of sp³-hybridized carbons (Fsp3) is 0.207. The summed E-state index contributed by atoms with van der Waals surface area (Å²) in [6.07, 6.45) is 25.2. The van der Waals surface area contributed by atoms with Gasteiger partial charge >= 0.3 is 0 Å². The lowest BCUT2D eigenvalue weighted by Gasteiger charge is -2.12. The number of terminal acetylenes is 1. The molecule has 0 unspecified atom stereocenters. The Labute approximate surface area is 207 Å². The number of aromatic nitrogens is 4. The second kappa shape index (κ2) is 11.7. The Morgan fingerprint density at radius 1 is 1.31 bits per heavy atom. The van der Waals surface area contributed by atoms with Gasteiger partial charge in [-0.3, -0.25) is 9.97 Å². The third kappa shape index (κ3) is 6.15. The number of anilines is 1. The maximum absolute atomic E-state index is 6.36. The predicted molar refractivity (Wildman–Crippen MR) is 147 cm³/mol. The molecule has 1 aliphatic carbocycles. The molecule has 4 N–H and O–H groups in total. The molecule has 178 valence electrons. The summed E-state index contributed by atoms with van der Waals surface area (Å²) in [5, 5.41) is 3.38. The first kappa shape index (κ1) is 25.3. The topological polar surface area (TPSA) is 92.5 Å². The van der Waals surface area contributed by atoms with Crippen LogP contribution in [0.3, 0.4) is 0 Å². The number of allylic oxidation sites excluding steroid dienone is 8. The van der Waals surface area contributed by atoms with E-state index in [1.165, 1.54) is 0 Å². The summed E-state index contributed by atoms with van der Waals surface area (Å²) in [6.45, 7) is 10.4. The summed E-state index contributed by atoms with van der Waals surface area (Å²) in [5.74, 6) is 0.832. The van der Waals surface area contributed by atoms with Crippen molar-refractivity contribution in [3.63, 3.8) is 0 Å². The van der Waals surface area contributed by atoms with Crippen LogP contribution in [0.5, 0.6) is 0 Å². The van der Waals surface area contributed by atoms with Crippen LogP contribution < -0.4 is 11.1 Å². The first-order valence-electron chi connectivity index (χ1n) is 11.5. The molecule has 0 bridgehead atoms. The molecule has 0 saturated carbocycles. The molecule has 0 radical (unpaired) electrons. The zero-order chi connectivity index (χ0) is 25.4. The van der Waals surface area contributed by atoms with Gasteiger partial charge in [0.2, 0.25) is 0 Å². The number of imidazole rings is 1. The normalized spacial score (nSPS) is 13.5. The minimum Gasteiger partial charge on any atom is -0.399 e. The van der Waals surface area contributed by atoms with Crippen LogP contribution in [-0.2, 0) is 6.42 Å². The Kier molecular flexibility index (Phi) is 8.42. The monoisotopic (exact) mass is 464 g/mol. The number of fused-ring (bicyclic) bond motifs is 1. The van der Waals surface area contributed by atoms with Gasteiger partial charge in [0, 0.05) is 42.3 Å². The molecule has 0 aromatic carbocycles. The molecule has 0 amide bonds. The number of hydrogen-bond acceptors (Lipinski definition) is 5. The van der Waals surface area contributed by atoms with E-state index in [9.17, 15) is 0 Å². The summed E-state index contributed by atoms with van der Waals surface area (Å²) in [5.41, 5.74) is 14.6. The number of H-pyrrole nitrogens is 1. The third-order valence-corrected chi connectivity index (χ3v) is 5.45. The summed E-state index contributed by atoms with van der Waals surface area (Å²) in [4.78, 5) is 17.2. The molecule has 3 aromatic rings. The van der Waals surface area contributed by atoms with Crippen LogP contribution in [0.25, 0.3) is 22.2 Å². The fourth-order valence-electron chi connectivity index (χ4n) is 3.84. The van der Waals surface area contributed by atoms with Crippen LogP contribution in [0.4, 0.5) is 5.69 Å². The van der Waals surface area contributed by atoms with Gasteiger partial charge in [-0.2, -0.15) is 0 Å². The van der Waals surface area contributed by atoms with Crippen molar-refractivity contribution in [2.24, 2.45) is 5.73 Å². The van der Waals surface area contributed by atoms with Gasteiger partial charge in [0.15, 0.2) is 0 Å². The smallest absolute Gasteiger partial charge is 0.115 e. The molecule has 0 atom stereocenters. The molecule has 0 aliphatic heterocycles. The lowest BCUT2D eigenvalue weighted by atomic mass is 10.0. The van der Waals surface area contributed by atoms with Gasteiger partial charge in [-0.1, -0.05) is 30.9 Å². The van der Waals surface area contributed by atoms with Gasteiger partial charge in [-0.25, -0.2) is 4.98 Å². The standard InChI is InChI=1S/C27H30N6.C2H2/c1-5-23(28)20(12-18(4)21-13-22(16-29-15-21)31-17(2)3)14-25-32-24-10-11-30-26(27(24)33-25)19-8-6-7-9-19;1-2/h5-6,8-13,15-17,31H,4,7,14,28H2,1-3H3,(H,32,33);1-2H/b20-12-,23-5+;. The quantitative estimate of drug-likeness (QED) is 0.289. The Balaban J connectivity index is 0.00000167. The zero-order valence-corrected chi connectivity index (χ0v) is 20.5. The molecule has 6 nitrogen and oxygen atoms in total. The summed E-state index contributed by atoms with van der Waals surface area (Å²) in [7, 11) is 0. The maximum atomic E-state index is 6.36. The molecular formula is C29H32N6. The number of pyridine rings is 2. The highest BCUT2D eigenvalue weighted by Crippen LogP contribution is 2.27. The molecule has 1 aliphatic rings. The van der Waals surface area contributed by atoms with Crippen molar-refractivity contribution in [2.45, 2.75) is 39.7 Å². The Bertz CT molecular complexity index is 1350. The van der Waals surface area contributed by atoms with E-state index in [1.54, 1.807) is 0 Å². The number of rotatable bonds is 8. The number of nitrogens with two attached hydrogens (primary N) is 1. The van der Waals surface area contributed by atoms with Gasteiger partial charge in [0.25, 0.3) is 0 Å². The van der Waals surface area contributed by atoms with E-state index in [-0.39, 0.29) is 0 Å². The van der Waals surface area contributed by atoms with Crippen molar-refractivity contribution < 1.29 is 0 Å². The van der Waals surface area contributed by atoms with Gasteiger partial charge < -0.3 is 16.0 Å². The molecule has 6 heteroatoms. The van der Waals surface area contributed by atoms with E-state index in [2.05, 4.69) is 77.8 Å². The summed E-state index contributed by atoms with van der Waals surface area (Å²) >= 11 is 0. The second-order valence-corrected chi connectivity index (χ2v) is 8.41. The van der Waals surface area contributed by atoms with Gasteiger partial charge in [-0.15, -0.1) is 12.8 Å². The highest BCUT2D eigenvalue weighted by molar-refractivity contribution is 5.90. The van der Waals surface area contributed by atoms with Crippen molar-refractivity contribution in [3.8, 4) is 12.8 Å². The summed E-state index contributed by atoms with van der Waals surface area (Å²) < 4.78 is 0. The molecule has 3 aromatic heterocycles. The van der Waals surface area contributed by atoms with E-state index >= 15 is 0 Å². The maximum Gasteiger partial charge on any atom is 0.115 e. The largest absolute Gasteiger partial charge is 0.399 e. The van der Waals surface area contributed by atoms with Crippen LogP contribution in [0.2, 0.25) is 0 Å². The van der Waals surface area contributed by atoms with Crippen LogP contribution in [0, 0.1) is 12.8 Å². The average molecular weight is 465 g/mol. The van der Waals surface area contributed by atoms with E-state index in [1.807, 2.05) is 43.7 Å². The minimum absolute atomic E-state index is 0.322. The van der Waals surface area contributed by atoms with Crippen molar-refractivity contribution in [1.29, 1.82) is 0 Å². The lowest BCUT2D eigenvalue weighted by molar-refractivity contribution is 0.897. The van der Waals surface area contributed by atoms with Crippen molar-refractivity contribution in [1.82, 2.24) is 19.9 Å². The molecule has 35 heavy (non-hydrogen) atoms. The minimum atomic E-state index is 0.322.